The predicted molar refractivity (Wildman–Crippen MR) is 139 cm³/mol. The highest BCUT2D eigenvalue weighted by molar-refractivity contribution is 7.19. The van der Waals surface area contributed by atoms with Gasteiger partial charge in [0.05, 0.1) is 31.1 Å². The van der Waals surface area contributed by atoms with Gasteiger partial charge in [-0.3, -0.25) is 14.2 Å². The molecule has 0 aliphatic carbocycles. The Bertz CT molecular complexity index is 1440. The minimum absolute atomic E-state index is 0.0154. The molecule has 0 aliphatic rings. The monoisotopic (exact) mass is 490 g/mol. The number of benzene rings is 2. The number of hydrogen-bond donors (Lipinski definition) is 1. The lowest BCUT2D eigenvalue weighted by molar-refractivity contribution is -0.121. The average molecular weight is 491 g/mol. The van der Waals surface area contributed by atoms with Gasteiger partial charge in [0.15, 0.2) is 11.5 Å². The number of aryl methyl sites for hydroxylation is 1. The summed E-state index contributed by atoms with van der Waals surface area (Å²) in [7, 11) is 1.56. The molecule has 0 spiro atoms. The van der Waals surface area contributed by atoms with Crippen LogP contribution in [0.4, 0.5) is 0 Å². The van der Waals surface area contributed by atoms with E-state index in [2.05, 4.69) is 15.5 Å². The van der Waals surface area contributed by atoms with Gasteiger partial charge in [-0.25, -0.2) is 10.4 Å². The van der Waals surface area contributed by atoms with E-state index in [0.29, 0.717) is 21.7 Å². The zero-order valence-electron chi connectivity index (χ0n) is 19.9. The first kappa shape index (κ1) is 24.2. The summed E-state index contributed by atoms with van der Waals surface area (Å²) < 4.78 is 12.4. The number of carbonyl (C=O) groups is 1. The van der Waals surface area contributed by atoms with Crippen LogP contribution in [0.5, 0.6) is 11.5 Å². The third kappa shape index (κ3) is 5.41. The van der Waals surface area contributed by atoms with Crippen LogP contribution in [0, 0.1) is 6.92 Å². The molecule has 0 saturated heterocycles. The van der Waals surface area contributed by atoms with Gasteiger partial charge >= 0.3 is 0 Å². The molecule has 2 aromatic carbocycles. The summed E-state index contributed by atoms with van der Waals surface area (Å²) in [5.41, 5.74) is 4.73. The van der Waals surface area contributed by atoms with Crippen LogP contribution < -0.4 is 20.5 Å². The van der Waals surface area contributed by atoms with E-state index in [-0.39, 0.29) is 18.2 Å². The Morgan fingerprint density at radius 2 is 1.97 bits per heavy atom. The molecule has 0 bridgehead atoms. The maximum absolute atomic E-state index is 13.2. The quantitative estimate of drug-likeness (QED) is 0.292. The number of rotatable bonds is 8. The van der Waals surface area contributed by atoms with Crippen LogP contribution in [0.1, 0.15) is 24.3 Å². The summed E-state index contributed by atoms with van der Waals surface area (Å²) in [6.07, 6.45) is 2.91. The van der Waals surface area contributed by atoms with Crippen molar-refractivity contribution in [2.45, 2.75) is 33.4 Å². The number of amides is 1. The van der Waals surface area contributed by atoms with Crippen molar-refractivity contribution in [3.05, 3.63) is 75.7 Å². The maximum atomic E-state index is 13.2. The van der Waals surface area contributed by atoms with E-state index in [0.717, 1.165) is 21.6 Å². The van der Waals surface area contributed by atoms with Gasteiger partial charge in [0.2, 0.25) is 0 Å². The zero-order chi connectivity index (χ0) is 24.9. The van der Waals surface area contributed by atoms with Crippen LogP contribution in [0.3, 0.4) is 0 Å². The molecule has 0 fully saturated rings. The van der Waals surface area contributed by atoms with Crippen molar-refractivity contribution < 1.29 is 14.3 Å². The second-order valence-electron chi connectivity index (χ2n) is 8.13. The molecular formula is C26H26N4O4S. The molecule has 180 valence electrons. The highest BCUT2D eigenvalue weighted by atomic mass is 32.1. The largest absolute Gasteiger partial charge is 0.493 e. The van der Waals surface area contributed by atoms with Crippen molar-refractivity contribution in [2.75, 3.05) is 7.11 Å². The molecule has 0 aliphatic heterocycles. The summed E-state index contributed by atoms with van der Waals surface area (Å²) in [5, 5.41) is 4.53. The van der Waals surface area contributed by atoms with Crippen LogP contribution >= 0.6 is 11.3 Å². The topological polar surface area (TPSA) is 94.8 Å². The highest BCUT2D eigenvalue weighted by Gasteiger charge is 2.17. The Labute approximate surface area is 206 Å². The van der Waals surface area contributed by atoms with Crippen molar-refractivity contribution >= 4 is 33.7 Å². The molecule has 4 rings (SSSR count). The number of nitrogens with one attached hydrogen (secondary N) is 1. The van der Waals surface area contributed by atoms with Crippen molar-refractivity contribution in [2.24, 2.45) is 5.10 Å². The number of hydrazone groups is 1. The number of aromatic nitrogens is 2. The third-order valence-corrected chi connectivity index (χ3v) is 6.20. The zero-order valence-corrected chi connectivity index (χ0v) is 20.8. The number of hydrogen-bond acceptors (Lipinski definition) is 7. The maximum Gasteiger partial charge on any atom is 0.263 e. The van der Waals surface area contributed by atoms with Gasteiger partial charge in [-0.1, -0.05) is 30.3 Å². The van der Waals surface area contributed by atoms with E-state index in [1.807, 2.05) is 57.2 Å². The van der Waals surface area contributed by atoms with Gasteiger partial charge in [0.1, 0.15) is 11.4 Å². The van der Waals surface area contributed by atoms with Crippen LogP contribution in [0.15, 0.2) is 64.8 Å². The normalized spacial score (nSPS) is 11.3. The first-order valence-corrected chi connectivity index (χ1v) is 11.9. The number of thiophene rings is 1. The van der Waals surface area contributed by atoms with E-state index >= 15 is 0 Å². The molecular weight excluding hydrogens is 464 g/mol. The Morgan fingerprint density at radius 1 is 1.20 bits per heavy atom. The molecule has 9 heteroatoms. The first-order valence-electron chi connectivity index (χ1n) is 11.1. The van der Waals surface area contributed by atoms with Gasteiger partial charge in [-0.2, -0.15) is 5.10 Å². The van der Waals surface area contributed by atoms with Crippen molar-refractivity contribution in [3.63, 3.8) is 0 Å². The number of ether oxygens (including phenoxy) is 2. The molecule has 1 N–H and O–H groups in total. The van der Waals surface area contributed by atoms with Crippen molar-refractivity contribution in [1.29, 1.82) is 0 Å². The Kier molecular flexibility index (Phi) is 7.26. The summed E-state index contributed by atoms with van der Waals surface area (Å²) in [6.45, 7) is 5.64. The fourth-order valence-electron chi connectivity index (χ4n) is 3.69. The smallest absolute Gasteiger partial charge is 0.263 e. The molecule has 2 heterocycles. The van der Waals surface area contributed by atoms with E-state index in [1.54, 1.807) is 19.2 Å². The number of fused-ring (bicyclic) bond motifs is 1. The molecule has 2 aromatic heterocycles. The lowest BCUT2D eigenvalue weighted by Crippen LogP contribution is -2.30. The lowest BCUT2D eigenvalue weighted by atomic mass is 10.0. The molecule has 0 radical (unpaired) electrons. The van der Waals surface area contributed by atoms with Gasteiger partial charge in [-0.15, -0.1) is 11.3 Å². The Balaban J connectivity index is 1.50. The van der Waals surface area contributed by atoms with Crippen molar-refractivity contribution in [3.8, 4) is 22.6 Å². The van der Waals surface area contributed by atoms with Gasteiger partial charge in [0.25, 0.3) is 11.5 Å². The number of methoxy groups -OCH3 is 1. The van der Waals surface area contributed by atoms with E-state index < -0.39 is 5.91 Å². The SMILES string of the molecule is COc1cc(/C=N/NC(=O)Cn2cnc3sc(C)c(-c4ccccc4)c3c2=O)ccc1OC(C)C. The van der Waals surface area contributed by atoms with Crippen LogP contribution in [-0.4, -0.2) is 34.9 Å². The lowest BCUT2D eigenvalue weighted by Gasteiger charge is -2.13. The van der Waals surface area contributed by atoms with Crippen molar-refractivity contribution in [1.82, 2.24) is 15.0 Å². The van der Waals surface area contributed by atoms with Crippen LogP contribution in [0.25, 0.3) is 21.3 Å². The predicted octanol–water partition coefficient (Wildman–Crippen LogP) is 4.38. The van der Waals surface area contributed by atoms with Crippen LogP contribution in [0.2, 0.25) is 0 Å². The van der Waals surface area contributed by atoms with Crippen LogP contribution in [-0.2, 0) is 11.3 Å². The second kappa shape index (κ2) is 10.5. The standard InChI is InChI=1S/C26H26N4O4S/c1-16(2)34-20-11-10-18(12-21(20)33-4)13-28-29-22(31)14-30-15-27-25-24(26(30)32)23(17(3)35-25)19-8-6-5-7-9-19/h5-13,15-16H,14H2,1-4H3,(H,29,31)/b28-13+. The Hall–Kier alpha value is -3.98. The fraction of sp³-hybridized carbons (Fsp3) is 0.231. The fourth-order valence-corrected chi connectivity index (χ4v) is 4.69. The third-order valence-electron chi connectivity index (χ3n) is 5.18. The summed E-state index contributed by atoms with van der Waals surface area (Å²) >= 11 is 1.47. The van der Waals surface area contributed by atoms with E-state index in [9.17, 15) is 9.59 Å². The highest BCUT2D eigenvalue weighted by Crippen LogP contribution is 2.35. The molecule has 0 unspecified atom stereocenters. The number of carbonyl (C=O) groups excluding carboxylic acids is 1. The first-order chi connectivity index (χ1) is 16.9. The van der Waals surface area contributed by atoms with Gasteiger partial charge in [0, 0.05) is 10.4 Å². The second-order valence-corrected chi connectivity index (χ2v) is 9.33. The van der Waals surface area contributed by atoms with Gasteiger partial charge in [-0.05, 0) is 50.1 Å². The minimum Gasteiger partial charge on any atom is -0.493 e. The molecule has 1 amide bonds. The molecule has 35 heavy (non-hydrogen) atoms. The molecule has 0 saturated carbocycles. The molecule has 4 aromatic rings. The van der Waals surface area contributed by atoms with E-state index in [1.165, 1.54) is 28.4 Å². The Morgan fingerprint density at radius 3 is 2.69 bits per heavy atom. The minimum atomic E-state index is -0.440. The number of nitrogens with zero attached hydrogens (tertiary/aromatic N) is 3. The summed E-state index contributed by atoms with van der Waals surface area (Å²) in [4.78, 5) is 31.8. The molecule has 8 nitrogen and oxygen atoms in total. The average Bonchev–Trinajstić information content (AvgIpc) is 3.18. The summed E-state index contributed by atoms with van der Waals surface area (Å²) in [6, 6.07) is 15.1. The summed E-state index contributed by atoms with van der Waals surface area (Å²) in [5.74, 6) is 0.758. The van der Waals surface area contributed by atoms with E-state index in [4.69, 9.17) is 9.47 Å². The van der Waals surface area contributed by atoms with Gasteiger partial charge < -0.3 is 9.47 Å². The molecule has 0 atom stereocenters.